The van der Waals surface area contributed by atoms with Crippen LogP contribution in [0.25, 0.3) is 33.5 Å². The van der Waals surface area contributed by atoms with Crippen molar-refractivity contribution in [3.8, 4) is 11.4 Å². The third kappa shape index (κ3) is 3.11. The van der Waals surface area contributed by atoms with E-state index in [0.717, 1.165) is 16.5 Å². The number of esters is 2. The van der Waals surface area contributed by atoms with E-state index in [-0.39, 0.29) is 25.1 Å². The standard InChI is InChI=1S/C27H20N6O5/c1-2-27(38-22(34)11-32-14-30-24-21(32)9-28-13-29-24)18-8-20-23-16(7-15-5-3-4-6-19(15)31-23)10-33(20)25(35)17(18)12-37-26(27)36/h3-9,13-14H,2,10-12H2,1H3/t27-/m0/s1. The Morgan fingerprint density at radius 1 is 1.18 bits per heavy atom. The minimum absolute atomic E-state index is 0.0826. The molecule has 11 nitrogen and oxygen atoms in total. The summed E-state index contributed by atoms with van der Waals surface area (Å²) in [6, 6.07) is 11.5. The van der Waals surface area contributed by atoms with Crippen LogP contribution in [0.3, 0.4) is 0 Å². The number of carbonyl (C=O) groups excluding carboxylic acids is 2. The first-order valence-electron chi connectivity index (χ1n) is 12.1. The molecular weight excluding hydrogens is 488 g/mol. The summed E-state index contributed by atoms with van der Waals surface area (Å²) in [4.78, 5) is 57.1. The van der Waals surface area contributed by atoms with Gasteiger partial charge in [-0.3, -0.25) is 9.59 Å². The molecule has 188 valence electrons. The van der Waals surface area contributed by atoms with Gasteiger partial charge < -0.3 is 18.6 Å². The minimum atomic E-state index is -1.77. The monoisotopic (exact) mass is 508 g/mol. The molecule has 0 radical (unpaired) electrons. The molecule has 0 aliphatic carbocycles. The van der Waals surface area contributed by atoms with Gasteiger partial charge in [0.2, 0.25) is 5.60 Å². The van der Waals surface area contributed by atoms with E-state index in [0.29, 0.717) is 40.2 Å². The molecule has 0 N–H and O–H groups in total. The lowest BCUT2D eigenvalue weighted by atomic mass is 9.85. The van der Waals surface area contributed by atoms with Gasteiger partial charge in [-0.25, -0.2) is 24.7 Å². The molecule has 0 unspecified atom stereocenters. The Hall–Kier alpha value is -4.93. The molecule has 2 aliphatic heterocycles. The second-order valence-electron chi connectivity index (χ2n) is 9.34. The molecule has 7 rings (SSSR count). The van der Waals surface area contributed by atoms with Gasteiger partial charge in [0.25, 0.3) is 5.56 Å². The maximum atomic E-state index is 13.6. The fourth-order valence-electron chi connectivity index (χ4n) is 5.38. The molecule has 0 bridgehead atoms. The van der Waals surface area contributed by atoms with E-state index >= 15 is 0 Å². The van der Waals surface area contributed by atoms with Gasteiger partial charge >= 0.3 is 11.9 Å². The van der Waals surface area contributed by atoms with Crippen LogP contribution in [0.15, 0.2) is 60.0 Å². The Kier molecular flexibility index (Phi) is 4.71. The van der Waals surface area contributed by atoms with E-state index in [1.54, 1.807) is 28.3 Å². The van der Waals surface area contributed by atoms with Crippen LogP contribution in [0.5, 0.6) is 0 Å². The fraction of sp³-hybridized carbons (Fsp3) is 0.222. The largest absolute Gasteiger partial charge is 0.457 e. The van der Waals surface area contributed by atoms with Crippen molar-refractivity contribution in [2.45, 2.75) is 38.6 Å². The van der Waals surface area contributed by atoms with Crippen LogP contribution in [0, 0.1) is 0 Å². The topological polar surface area (TPSA) is 131 Å². The Morgan fingerprint density at radius 3 is 2.92 bits per heavy atom. The number of hydrogen-bond donors (Lipinski definition) is 0. The lowest BCUT2D eigenvalue weighted by molar-refractivity contribution is -0.189. The highest BCUT2D eigenvalue weighted by Crippen LogP contribution is 2.41. The number of imidazole rings is 1. The van der Waals surface area contributed by atoms with Crippen molar-refractivity contribution in [3.05, 3.63) is 82.3 Å². The third-order valence-electron chi connectivity index (χ3n) is 7.27. The number of para-hydroxylation sites is 1. The van der Waals surface area contributed by atoms with Crippen LogP contribution in [-0.2, 0) is 44.4 Å². The second kappa shape index (κ2) is 8.04. The maximum Gasteiger partial charge on any atom is 0.355 e. The molecule has 0 fully saturated rings. The normalized spacial score (nSPS) is 17.7. The van der Waals surface area contributed by atoms with Crippen molar-refractivity contribution >= 4 is 34.0 Å². The number of rotatable bonds is 4. The highest BCUT2D eigenvalue weighted by molar-refractivity contribution is 5.88. The minimum Gasteiger partial charge on any atom is -0.457 e. The Balaban J connectivity index is 1.32. The second-order valence-corrected chi connectivity index (χ2v) is 9.34. The Labute approximate surface area is 214 Å². The lowest BCUT2D eigenvalue weighted by Gasteiger charge is -2.35. The highest BCUT2D eigenvalue weighted by atomic mass is 16.6. The number of benzene rings is 1. The average molecular weight is 508 g/mol. The number of nitrogens with zero attached hydrogens (tertiary/aromatic N) is 6. The predicted molar refractivity (Wildman–Crippen MR) is 134 cm³/mol. The van der Waals surface area contributed by atoms with E-state index in [1.807, 2.05) is 30.3 Å². The van der Waals surface area contributed by atoms with E-state index < -0.39 is 17.5 Å². The first-order chi connectivity index (χ1) is 18.5. The van der Waals surface area contributed by atoms with Crippen molar-refractivity contribution < 1.29 is 19.1 Å². The zero-order valence-corrected chi connectivity index (χ0v) is 20.2. The molecule has 6 heterocycles. The van der Waals surface area contributed by atoms with Crippen LogP contribution in [0.4, 0.5) is 0 Å². The smallest absolute Gasteiger partial charge is 0.355 e. The number of hydrogen-bond acceptors (Lipinski definition) is 9. The molecule has 0 amide bonds. The van der Waals surface area contributed by atoms with Crippen LogP contribution in [-0.4, -0.2) is 41.0 Å². The Bertz CT molecular complexity index is 1880. The van der Waals surface area contributed by atoms with Crippen molar-refractivity contribution in [1.29, 1.82) is 0 Å². The molecule has 0 saturated heterocycles. The third-order valence-corrected chi connectivity index (χ3v) is 7.27. The molecule has 0 spiro atoms. The molecule has 4 aromatic heterocycles. The van der Waals surface area contributed by atoms with E-state index in [1.165, 1.54) is 12.7 Å². The summed E-state index contributed by atoms with van der Waals surface area (Å²) < 4.78 is 14.5. The highest BCUT2D eigenvalue weighted by Gasteiger charge is 2.50. The van der Waals surface area contributed by atoms with Crippen molar-refractivity contribution in [2.75, 3.05) is 0 Å². The van der Waals surface area contributed by atoms with Gasteiger partial charge in [-0.05, 0) is 24.6 Å². The van der Waals surface area contributed by atoms with Crippen molar-refractivity contribution in [1.82, 2.24) is 29.1 Å². The van der Waals surface area contributed by atoms with Gasteiger partial charge in [-0.2, -0.15) is 0 Å². The number of carbonyl (C=O) groups is 2. The van der Waals surface area contributed by atoms with Gasteiger partial charge in [0.05, 0.1) is 41.5 Å². The van der Waals surface area contributed by atoms with Crippen LogP contribution in [0.2, 0.25) is 0 Å². The van der Waals surface area contributed by atoms with Gasteiger partial charge in [0.15, 0.2) is 5.65 Å². The zero-order valence-electron chi connectivity index (χ0n) is 20.2. The van der Waals surface area contributed by atoms with E-state index in [4.69, 9.17) is 14.5 Å². The van der Waals surface area contributed by atoms with Gasteiger partial charge in [0, 0.05) is 16.5 Å². The first kappa shape index (κ1) is 22.3. The van der Waals surface area contributed by atoms with Crippen LogP contribution < -0.4 is 5.56 Å². The summed E-state index contributed by atoms with van der Waals surface area (Å²) in [7, 11) is 0. The molecular formula is C27H20N6O5. The predicted octanol–water partition coefficient (Wildman–Crippen LogP) is 2.47. The number of aromatic nitrogens is 6. The number of cyclic esters (lactones) is 1. The summed E-state index contributed by atoms with van der Waals surface area (Å²) in [6.45, 7) is 1.66. The molecule has 38 heavy (non-hydrogen) atoms. The molecule has 1 aromatic carbocycles. The van der Waals surface area contributed by atoms with Gasteiger partial charge in [-0.1, -0.05) is 25.1 Å². The van der Waals surface area contributed by atoms with Crippen LogP contribution >= 0.6 is 0 Å². The molecule has 2 aliphatic rings. The summed E-state index contributed by atoms with van der Waals surface area (Å²) in [6.07, 6.45) is 4.45. The average Bonchev–Trinajstić information content (AvgIpc) is 3.50. The summed E-state index contributed by atoms with van der Waals surface area (Å²) in [5.74, 6) is -1.40. The fourth-order valence-corrected chi connectivity index (χ4v) is 5.38. The summed E-state index contributed by atoms with van der Waals surface area (Å²) in [5, 5.41) is 0.977. The summed E-state index contributed by atoms with van der Waals surface area (Å²) >= 11 is 0. The molecule has 1 atom stereocenters. The summed E-state index contributed by atoms with van der Waals surface area (Å²) in [5.41, 5.74) is 2.50. The van der Waals surface area contributed by atoms with Crippen molar-refractivity contribution in [3.63, 3.8) is 0 Å². The number of fused-ring (bicyclic) bond motifs is 6. The SMILES string of the molecule is CC[C@@]1(OC(=O)Cn2cnc3ncncc32)C(=O)OCc2c1cc1n(c2=O)Cc2cc3ccccc3nc2-1. The Morgan fingerprint density at radius 2 is 2.05 bits per heavy atom. The first-order valence-corrected chi connectivity index (χ1v) is 12.1. The maximum absolute atomic E-state index is 13.6. The van der Waals surface area contributed by atoms with Crippen molar-refractivity contribution in [2.24, 2.45) is 0 Å². The van der Waals surface area contributed by atoms with E-state index in [9.17, 15) is 14.4 Å². The van der Waals surface area contributed by atoms with Gasteiger partial charge in [-0.15, -0.1) is 0 Å². The molecule has 5 aromatic rings. The van der Waals surface area contributed by atoms with E-state index in [2.05, 4.69) is 15.0 Å². The number of pyridine rings is 2. The number of ether oxygens (including phenoxy) is 2. The quantitative estimate of drug-likeness (QED) is 0.330. The van der Waals surface area contributed by atoms with Crippen LogP contribution in [0.1, 0.15) is 30.0 Å². The molecule has 11 heteroatoms. The molecule has 0 saturated carbocycles. The lowest BCUT2D eigenvalue weighted by Crippen LogP contribution is -2.47. The zero-order chi connectivity index (χ0) is 26.0. The van der Waals surface area contributed by atoms with Gasteiger partial charge in [0.1, 0.15) is 25.0 Å².